The van der Waals surface area contributed by atoms with Crippen LogP contribution >= 0.6 is 35.4 Å². The first-order valence-electron chi connectivity index (χ1n) is 6.16. The van der Waals surface area contributed by atoms with E-state index in [-0.39, 0.29) is 0 Å². The molecule has 0 atom stereocenters. The molecular formula is C14H12Cl2N2S. The van der Waals surface area contributed by atoms with Gasteiger partial charge >= 0.3 is 0 Å². The second-order valence-corrected chi connectivity index (χ2v) is 6.05. The molecule has 0 spiro atoms. The monoisotopic (exact) mass is 310 g/mol. The van der Waals surface area contributed by atoms with Gasteiger partial charge in [-0.1, -0.05) is 41.5 Å². The van der Waals surface area contributed by atoms with Crippen molar-refractivity contribution in [3.8, 4) is 0 Å². The summed E-state index contributed by atoms with van der Waals surface area (Å²) in [6.07, 6.45) is 3.16. The van der Waals surface area contributed by atoms with Crippen molar-refractivity contribution >= 4 is 35.4 Å². The standard InChI is InChI=1S/C14H12Cl2N2S/c15-10-4-1-8(5-11(10)16)6-13-17-12(9-2-3-9)7-14(19)18-13/h1,4-5,7,9H,2-3,6H2,(H,17,18,19). The molecule has 0 bridgehead atoms. The normalized spacial score (nSPS) is 14.6. The molecule has 1 N–H and O–H groups in total. The largest absolute Gasteiger partial charge is 0.347 e. The molecule has 98 valence electrons. The van der Waals surface area contributed by atoms with Gasteiger partial charge in [0.15, 0.2) is 0 Å². The van der Waals surface area contributed by atoms with Crippen LogP contribution in [0.15, 0.2) is 24.3 Å². The van der Waals surface area contributed by atoms with E-state index in [0.717, 1.165) is 11.4 Å². The predicted molar refractivity (Wildman–Crippen MR) is 80.7 cm³/mol. The lowest BCUT2D eigenvalue weighted by Crippen LogP contribution is -2.00. The number of halogens is 2. The van der Waals surface area contributed by atoms with Gasteiger partial charge in [-0.25, -0.2) is 4.98 Å². The number of nitrogens with zero attached hydrogens (tertiary/aromatic N) is 1. The van der Waals surface area contributed by atoms with Crippen LogP contribution in [0.3, 0.4) is 0 Å². The first-order chi connectivity index (χ1) is 9.11. The minimum atomic E-state index is 0.566. The van der Waals surface area contributed by atoms with Crippen LogP contribution in [-0.2, 0) is 6.42 Å². The highest BCUT2D eigenvalue weighted by atomic mass is 35.5. The van der Waals surface area contributed by atoms with Crippen LogP contribution in [0.25, 0.3) is 0 Å². The predicted octanol–water partition coefficient (Wildman–Crippen LogP) is 4.91. The number of nitrogens with one attached hydrogen (secondary N) is 1. The van der Waals surface area contributed by atoms with Crippen LogP contribution in [0, 0.1) is 4.64 Å². The van der Waals surface area contributed by atoms with E-state index in [2.05, 4.69) is 9.97 Å². The van der Waals surface area contributed by atoms with E-state index in [4.69, 9.17) is 35.4 Å². The fourth-order valence-electron chi connectivity index (χ4n) is 2.07. The zero-order valence-electron chi connectivity index (χ0n) is 10.1. The van der Waals surface area contributed by atoms with Gasteiger partial charge in [0.25, 0.3) is 0 Å². The van der Waals surface area contributed by atoms with Gasteiger partial charge in [0.05, 0.1) is 10.0 Å². The molecule has 0 saturated heterocycles. The molecule has 1 aromatic carbocycles. The Morgan fingerprint density at radius 1 is 1.21 bits per heavy atom. The maximum atomic E-state index is 6.02. The Labute approximate surface area is 126 Å². The molecule has 1 aliphatic rings. The Balaban J connectivity index is 1.89. The zero-order valence-corrected chi connectivity index (χ0v) is 12.4. The molecule has 0 amide bonds. The van der Waals surface area contributed by atoms with Gasteiger partial charge in [-0.2, -0.15) is 0 Å². The van der Waals surface area contributed by atoms with Crippen LogP contribution in [0.2, 0.25) is 10.0 Å². The van der Waals surface area contributed by atoms with E-state index in [9.17, 15) is 0 Å². The summed E-state index contributed by atoms with van der Waals surface area (Å²) in [5, 5.41) is 1.13. The molecule has 2 aromatic rings. The average Bonchev–Trinajstić information content (AvgIpc) is 3.17. The van der Waals surface area contributed by atoms with E-state index in [0.29, 0.717) is 27.0 Å². The van der Waals surface area contributed by atoms with Gasteiger partial charge in [-0.3, -0.25) is 0 Å². The highest BCUT2D eigenvalue weighted by Gasteiger charge is 2.24. The van der Waals surface area contributed by atoms with Crippen LogP contribution < -0.4 is 0 Å². The van der Waals surface area contributed by atoms with E-state index < -0.39 is 0 Å². The van der Waals surface area contributed by atoms with Crippen LogP contribution in [0.5, 0.6) is 0 Å². The molecule has 1 heterocycles. The van der Waals surface area contributed by atoms with Crippen molar-refractivity contribution < 1.29 is 0 Å². The Morgan fingerprint density at radius 3 is 2.68 bits per heavy atom. The molecule has 0 aliphatic heterocycles. The summed E-state index contributed by atoms with van der Waals surface area (Å²) >= 11 is 17.2. The molecule has 0 radical (unpaired) electrons. The molecule has 1 aliphatic carbocycles. The topological polar surface area (TPSA) is 28.7 Å². The third-order valence-electron chi connectivity index (χ3n) is 3.19. The Kier molecular flexibility index (Phi) is 3.61. The van der Waals surface area contributed by atoms with Crippen molar-refractivity contribution in [1.82, 2.24) is 9.97 Å². The van der Waals surface area contributed by atoms with Gasteiger partial charge in [-0.05, 0) is 42.5 Å². The van der Waals surface area contributed by atoms with Crippen molar-refractivity contribution in [2.45, 2.75) is 25.2 Å². The number of hydrogen-bond donors (Lipinski definition) is 1. The number of H-pyrrole nitrogens is 1. The highest BCUT2D eigenvalue weighted by Crippen LogP contribution is 2.38. The second kappa shape index (κ2) is 5.23. The first kappa shape index (κ1) is 13.1. The van der Waals surface area contributed by atoms with E-state index in [1.165, 1.54) is 18.5 Å². The second-order valence-electron chi connectivity index (χ2n) is 4.82. The van der Waals surface area contributed by atoms with E-state index in [1.807, 2.05) is 18.2 Å². The lowest BCUT2D eigenvalue weighted by Gasteiger charge is -2.06. The molecule has 1 saturated carbocycles. The van der Waals surface area contributed by atoms with Gasteiger partial charge in [0, 0.05) is 12.1 Å². The number of rotatable bonds is 3. The third-order valence-corrected chi connectivity index (χ3v) is 4.13. The number of hydrogen-bond acceptors (Lipinski definition) is 2. The molecular weight excluding hydrogens is 299 g/mol. The summed E-state index contributed by atoms with van der Waals surface area (Å²) in [6.45, 7) is 0. The van der Waals surface area contributed by atoms with Gasteiger partial charge in [-0.15, -0.1) is 0 Å². The summed E-state index contributed by atoms with van der Waals surface area (Å²) in [5.41, 5.74) is 2.27. The minimum Gasteiger partial charge on any atom is -0.347 e. The third kappa shape index (κ3) is 3.16. The lowest BCUT2D eigenvalue weighted by atomic mass is 10.1. The molecule has 19 heavy (non-hydrogen) atoms. The van der Waals surface area contributed by atoms with E-state index >= 15 is 0 Å². The zero-order chi connectivity index (χ0) is 13.4. The van der Waals surface area contributed by atoms with Crippen molar-refractivity contribution in [3.05, 3.63) is 56.0 Å². The summed E-state index contributed by atoms with van der Waals surface area (Å²) in [4.78, 5) is 7.75. The van der Waals surface area contributed by atoms with Crippen LogP contribution in [-0.4, -0.2) is 9.97 Å². The molecule has 0 unspecified atom stereocenters. The van der Waals surface area contributed by atoms with Crippen LogP contribution in [0.4, 0.5) is 0 Å². The molecule has 1 fully saturated rings. The van der Waals surface area contributed by atoms with Gasteiger partial charge in [0.2, 0.25) is 0 Å². The van der Waals surface area contributed by atoms with E-state index in [1.54, 1.807) is 6.07 Å². The highest BCUT2D eigenvalue weighted by molar-refractivity contribution is 7.71. The SMILES string of the molecule is S=c1cc(C2CC2)[nH]c(Cc2ccc(Cl)c(Cl)c2)n1. The van der Waals surface area contributed by atoms with Crippen molar-refractivity contribution in [3.63, 3.8) is 0 Å². The lowest BCUT2D eigenvalue weighted by molar-refractivity contribution is 0.893. The number of benzene rings is 1. The average molecular weight is 311 g/mol. The van der Waals surface area contributed by atoms with Crippen molar-refractivity contribution in [1.29, 1.82) is 0 Å². The van der Waals surface area contributed by atoms with Crippen molar-refractivity contribution in [2.75, 3.05) is 0 Å². The Bertz CT molecular complexity index is 677. The maximum absolute atomic E-state index is 6.02. The quantitative estimate of drug-likeness (QED) is 0.816. The first-order valence-corrected chi connectivity index (χ1v) is 7.32. The fraction of sp³-hybridized carbons (Fsp3) is 0.286. The molecule has 5 heteroatoms. The summed E-state index contributed by atoms with van der Waals surface area (Å²) < 4.78 is 0.649. The Hall–Kier alpha value is -0.900. The summed E-state index contributed by atoms with van der Waals surface area (Å²) in [6, 6.07) is 7.59. The summed E-state index contributed by atoms with van der Waals surface area (Å²) in [5.74, 6) is 1.52. The fourth-order valence-corrected chi connectivity index (χ4v) is 2.63. The number of aromatic nitrogens is 2. The van der Waals surface area contributed by atoms with Crippen LogP contribution in [0.1, 0.15) is 35.8 Å². The molecule has 2 nitrogen and oxygen atoms in total. The number of aromatic amines is 1. The molecule has 3 rings (SSSR count). The molecule has 1 aromatic heterocycles. The smallest absolute Gasteiger partial charge is 0.130 e. The van der Waals surface area contributed by atoms with Crippen molar-refractivity contribution in [2.24, 2.45) is 0 Å². The van der Waals surface area contributed by atoms with Gasteiger partial charge in [0.1, 0.15) is 10.5 Å². The minimum absolute atomic E-state index is 0.566. The Morgan fingerprint density at radius 2 is 2.00 bits per heavy atom. The van der Waals surface area contributed by atoms with Gasteiger partial charge < -0.3 is 4.98 Å². The summed E-state index contributed by atoms with van der Waals surface area (Å²) in [7, 11) is 0. The maximum Gasteiger partial charge on any atom is 0.130 e.